The first-order valence-electron chi connectivity index (χ1n) is 5.08. The summed E-state index contributed by atoms with van der Waals surface area (Å²) in [7, 11) is 0. The summed E-state index contributed by atoms with van der Waals surface area (Å²) in [6.07, 6.45) is 0.939. The summed E-state index contributed by atoms with van der Waals surface area (Å²) in [5, 5.41) is 3.15. The van der Waals surface area contributed by atoms with Gasteiger partial charge in [0.05, 0.1) is 0 Å². The van der Waals surface area contributed by atoms with Crippen molar-refractivity contribution in [1.29, 1.82) is 0 Å². The highest BCUT2D eigenvalue weighted by Gasteiger charge is 2.35. The molecule has 0 bridgehead atoms. The van der Waals surface area contributed by atoms with Crippen molar-refractivity contribution in [1.82, 2.24) is 10.2 Å². The lowest BCUT2D eigenvalue weighted by Crippen LogP contribution is -2.49. The highest BCUT2D eigenvalue weighted by Crippen LogP contribution is 2.27. The summed E-state index contributed by atoms with van der Waals surface area (Å²) < 4.78 is 25.7. The number of nitrogens with one attached hydrogen (secondary N) is 1. The van der Waals surface area contributed by atoms with Crippen LogP contribution in [0.5, 0.6) is 0 Å². The summed E-state index contributed by atoms with van der Waals surface area (Å²) in [6, 6.07) is 0. The first-order valence-corrected chi connectivity index (χ1v) is 5.08. The topological polar surface area (TPSA) is 27.6 Å². The van der Waals surface area contributed by atoms with Gasteiger partial charge in [0.1, 0.15) is 0 Å². The number of halogens is 2. The molecule has 0 spiro atoms. The zero-order chi connectivity index (χ0) is 10.0. The lowest BCUT2D eigenvalue weighted by atomic mass is 10.1. The van der Waals surface area contributed by atoms with Gasteiger partial charge in [-0.15, -0.1) is 0 Å². The summed E-state index contributed by atoms with van der Waals surface area (Å²) in [4.78, 5) is 6.21. The quantitative estimate of drug-likeness (QED) is 0.637. The van der Waals surface area contributed by atoms with E-state index in [1.807, 2.05) is 4.90 Å². The highest BCUT2D eigenvalue weighted by molar-refractivity contribution is 5.80. The molecule has 0 atom stereocenters. The van der Waals surface area contributed by atoms with E-state index in [1.54, 1.807) is 0 Å². The fourth-order valence-electron chi connectivity index (χ4n) is 1.78. The maximum absolute atomic E-state index is 12.9. The molecule has 0 amide bonds. The van der Waals surface area contributed by atoms with Crippen molar-refractivity contribution < 1.29 is 8.78 Å². The second-order valence-electron chi connectivity index (χ2n) is 3.83. The molecule has 0 aromatic carbocycles. The van der Waals surface area contributed by atoms with Gasteiger partial charge in [-0.2, -0.15) is 0 Å². The number of aliphatic imine (C=N–C) groups is 1. The number of rotatable bonds is 0. The number of alkyl halides is 2. The van der Waals surface area contributed by atoms with Gasteiger partial charge in [0, 0.05) is 39.0 Å². The molecular weight excluding hydrogens is 188 g/mol. The van der Waals surface area contributed by atoms with Crippen molar-refractivity contribution in [3.05, 3.63) is 0 Å². The minimum atomic E-state index is -2.47. The standard InChI is InChI=1S/C9H15F2N3/c10-9(11)2-6-14(7-3-9)8-12-4-1-5-13-8/h1-7H2,(H,12,13). The molecule has 2 rings (SSSR count). The molecule has 0 saturated carbocycles. The number of hydrogen-bond acceptors (Lipinski definition) is 3. The van der Waals surface area contributed by atoms with E-state index in [1.165, 1.54) is 0 Å². The van der Waals surface area contributed by atoms with E-state index in [2.05, 4.69) is 10.3 Å². The Bertz CT molecular complexity index is 230. The molecule has 0 radical (unpaired) electrons. The number of hydrogen-bond donors (Lipinski definition) is 1. The molecule has 80 valence electrons. The molecule has 2 heterocycles. The predicted octanol–water partition coefficient (Wildman–Crippen LogP) is 1.07. The lowest BCUT2D eigenvalue weighted by Gasteiger charge is -2.35. The molecule has 1 saturated heterocycles. The lowest BCUT2D eigenvalue weighted by molar-refractivity contribution is -0.0440. The van der Waals surface area contributed by atoms with Crippen LogP contribution in [0.2, 0.25) is 0 Å². The molecule has 3 nitrogen and oxygen atoms in total. The molecular formula is C9H15F2N3. The van der Waals surface area contributed by atoms with Crippen molar-refractivity contribution in [2.24, 2.45) is 4.99 Å². The van der Waals surface area contributed by atoms with Crippen LogP contribution in [0.3, 0.4) is 0 Å². The second-order valence-corrected chi connectivity index (χ2v) is 3.83. The third kappa shape index (κ3) is 2.13. The Labute approximate surface area is 82.2 Å². The Morgan fingerprint density at radius 2 is 2.00 bits per heavy atom. The van der Waals surface area contributed by atoms with Crippen molar-refractivity contribution in [3.8, 4) is 0 Å². The Kier molecular flexibility index (Phi) is 2.56. The number of piperidine rings is 1. The monoisotopic (exact) mass is 203 g/mol. The Hall–Kier alpha value is -0.870. The fraction of sp³-hybridized carbons (Fsp3) is 0.889. The minimum Gasteiger partial charge on any atom is -0.356 e. The average Bonchev–Trinajstić information content (AvgIpc) is 2.19. The van der Waals surface area contributed by atoms with Crippen LogP contribution in [0.1, 0.15) is 19.3 Å². The van der Waals surface area contributed by atoms with Gasteiger partial charge in [0.2, 0.25) is 0 Å². The van der Waals surface area contributed by atoms with E-state index in [0.717, 1.165) is 25.5 Å². The number of nitrogens with zero attached hydrogens (tertiary/aromatic N) is 2. The van der Waals surface area contributed by atoms with Crippen molar-refractivity contribution in [2.75, 3.05) is 26.2 Å². The molecule has 1 fully saturated rings. The van der Waals surface area contributed by atoms with Crippen LogP contribution in [0, 0.1) is 0 Å². The van der Waals surface area contributed by atoms with Crippen molar-refractivity contribution >= 4 is 5.96 Å². The molecule has 0 aromatic heterocycles. The van der Waals surface area contributed by atoms with Crippen LogP contribution in [0.15, 0.2) is 4.99 Å². The van der Waals surface area contributed by atoms with E-state index in [9.17, 15) is 8.78 Å². The normalized spacial score (nSPS) is 26.7. The van der Waals surface area contributed by atoms with E-state index in [4.69, 9.17) is 0 Å². The van der Waals surface area contributed by atoms with Crippen LogP contribution in [-0.4, -0.2) is 43.0 Å². The first kappa shape index (κ1) is 9.68. The molecule has 14 heavy (non-hydrogen) atoms. The Morgan fingerprint density at radius 3 is 2.57 bits per heavy atom. The smallest absolute Gasteiger partial charge is 0.251 e. The molecule has 0 aliphatic carbocycles. The zero-order valence-electron chi connectivity index (χ0n) is 8.10. The van der Waals surface area contributed by atoms with E-state index >= 15 is 0 Å². The summed E-state index contributed by atoms with van der Waals surface area (Å²) in [6.45, 7) is 2.55. The van der Waals surface area contributed by atoms with Crippen LogP contribution in [0.4, 0.5) is 8.78 Å². The molecule has 2 aliphatic rings. The van der Waals surface area contributed by atoms with Gasteiger partial charge >= 0.3 is 0 Å². The van der Waals surface area contributed by atoms with Crippen LogP contribution >= 0.6 is 0 Å². The Morgan fingerprint density at radius 1 is 1.29 bits per heavy atom. The van der Waals surface area contributed by atoms with Crippen molar-refractivity contribution in [3.63, 3.8) is 0 Å². The Balaban J connectivity index is 1.91. The van der Waals surface area contributed by atoms with Gasteiger partial charge in [-0.1, -0.05) is 0 Å². The summed E-state index contributed by atoms with van der Waals surface area (Å²) >= 11 is 0. The van der Waals surface area contributed by atoms with Gasteiger partial charge in [-0.25, -0.2) is 8.78 Å². The highest BCUT2D eigenvalue weighted by atomic mass is 19.3. The predicted molar refractivity (Wildman–Crippen MR) is 50.7 cm³/mol. The van der Waals surface area contributed by atoms with Crippen LogP contribution in [0.25, 0.3) is 0 Å². The molecule has 0 aromatic rings. The maximum Gasteiger partial charge on any atom is 0.251 e. The SMILES string of the molecule is FC1(F)CCN(C2=NCCCN2)CC1. The molecule has 1 N–H and O–H groups in total. The zero-order valence-corrected chi connectivity index (χ0v) is 8.10. The third-order valence-corrected chi connectivity index (χ3v) is 2.67. The second kappa shape index (κ2) is 3.71. The van der Waals surface area contributed by atoms with E-state index in [0.29, 0.717) is 13.1 Å². The van der Waals surface area contributed by atoms with Crippen molar-refractivity contribution in [2.45, 2.75) is 25.2 Å². The average molecular weight is 203 g/mol. The van der Waals surface area contributed by atoms with Gasteiger partial charge in [0.25, 0.3) is 5.92 Å². The molecule has 2 aliphatic heterocycles. The van der Waals surface area contributed by atoms with E-state index in [-0.39, 0.29) is 12.8 Å². The van der Waals surface area contributed by atoms with Gasteiger partial charge in [0.15, 0.2) is 5.96 Å². The van der Waals surface area contributed by atoms with Gasteiger partial charge in [-0.3, -0.25) is 4.99 Å². The van der Waals surface area contributed by atoms with Gasteiger partial charge < -0.3 is 10.2 Å². The number of guanidine groups is 1. The summed E-state index contributed by atoms with van der Waals surface area (Å²) in [5.74, 6) is -1.65. The molecule has 5 heteroatoms. The van der Waals surface area contributed by atoms with Crippen LogP contribution < -0.4 is 5.32 Å². The minimum absolute atomic E-state index is 0.0479. The van der Waals surface area contributed by atoms with Gasteiger partial charge in [-0.05, 0) is 6.42 Å². The van der Waals surface area contributed by atoms with Crippen LogP contribution in [-0.2, 0) is 0 Å². The largest absolute Gasteiger partial charge is 0.356 e. The molecule has 0 unspecified atom stereocenters. The first-order chi connectivity index (χ1) is 6.67. The maximum atomic E-state index is 12.9. The fourth-order valence-corrected chi connectivity index (χ4v) is 1.78. The van der Waals surface area contributed by atoms with E-state index < -0.39 is 5.92 Å². The third-order valence-electron chi connectivity index (χ3n) is 2.67. The number of likely N-dealkylation sites (tertiary alicyclic amines) is 1. The summed E-state index contributed by atoms with van der Waals surface area (Å²) in [5.41, 5.74) is 0.